The Morgan fingerprint density at radius 3 is 2.56 bits per heavy atom. The topological polar surface area (TPSA) is 32.3 Å². The molecule has 0 aromatic heterocycles. The largest absolute Gasteiger partial charge is 0.392 e. The normalized spacial score (nSPS) is 14.8. The van der Waals surface area contributed by atoms with Crippen molar-refractivity contribution in [3.05, 3.63) is 35.4 Å². The summed E-state index contributed by atoms with van der Waals surface area (Å²) in [5.74, 6) is 0.695. The lowest BCUT2D eigenvalue weighted by Gasteiger charge is -2.20. The van der Waals surface area contributed by atoms with Crippen molar-refractivity contribution in [1.82, 2.24) is 5.32 Å². The third-order valence-electron chi connectivity index (χ3n) is 3.30. The number of hydrogen-bond donors (Lipinski definition) is 2. The highest BCUT2D eigenvalue weighted by Gasteiger charge is 2.08. The summed E-state index contributed by atoms with van der Waals surface area (Å²) in [5.41, 5.74) is 2.22. The van der Waals surface area contributed by atoms with Gasteiger partial charge in [0.05, 0.1) is 6.61 Å². The van der Waals surface area contributed by atoms with Gasteiger partial charge in [-0.15, -0.1) is 0 Å². The summed E-state index contributed by atoms with van der Waals surface area (Å²) in [6, 6.07) is 8.62. The standard InChI is InChI=1S/C14H23NO/c1-4-11(2)12(3)15-9-13-6-5-7-14(8-13)10-16/h5-8,11-12,15-16H,4,9-10H2,1-3H3. The highest BCUT2D eigenvalue weighted by Crippen LogP contribution is 2.09. The minimum atomic E-state index is 0.120. The first-order valence-corrected chi connectivity index (χ1v) is 6.09. The van der Waals surface area contributed by atoms with Crippen molar-refractivity contribution in [3.63, 3.8) is 0 Å². The number of hydrogen-bond acceptors (Lipinski definition) is 2. The van der Waals surface area contributed by atoms with Gasteiger partial charge in [0, 0.05) is 12.6 Å². The minimum Gasteiger partial charge on any atom is -0.392 e. The maximum atomic E-state index is 9.05. The molecule has 0 amide bonds. The smallest absolute Gasteiger partial charge is 0.0681 e. The molecule has 90 valence electrons. The van der Waals surface area contributed by atoms with Crippen LogP contribution in [0.15, 0.2) is 24.3 Å². The van der Waals surface area contributed by atoms with E-state index in [0.29, 0.717) is 12.0 Å². The second-order valence-corrected chi connectivity index (χ2v) is 4.53. The first-order chi connectivity index (χ1) is 7.67. The van der Waals surface area contributed by atoms with E-state index in [1.54, 1.807) is 0 Å². The van der Waals surface area contributed by atoms with Gasteiger partial charge in [-0.05, 0) is 24.0 Å². The first kappa shape index (κ1) is 13.2. The van der Waals surface area contributed by atoms with Crippen molar-refractivity contribution < 1.29 is 5.11 Å². The maximum absolute atomic E-state index is 9.05. The van der Waals surface area contributed by atoms with Gasteiger partial charge in [0.2, 0.25) is 0 Å². The second kappa shape index (κ2) is 6.66. The molecule has 0 spiro atoms. The molecule has 0 aliphatic heterocycles. The predicted molar refractivity (Wildman–Crippen MR) is 68.1 cm³/mol. The van der Waals surface area contributed by atoms with Gasteiger partial charge >= 0.3 is 0 Å². The zero-order valence-electron chi connectivity index (χ0n) is 10.5. The maximum Gasteiger partial charge on any atom is 0.0681 e. The summed E-state index contributed by atoms with van der Waals surface area (Å²) >= 11 is 0. The van der Waals surface area contributed by atoms with Crippen molar-refractivity contribution in [2.75, 3.05) is 0 Å². The Labute approximate surface area is 98.7 Å². The molecular weight excluding hydrogens is 198 g/mol. The van der Waals surface area contributed by atoms with Gasteiger partial charge in [0.1, 0.15) is 0 Å². The van der Waals surface area contributed by atoms with E-state index >= 15 is 0 Å². The molecule has 0 fully saturated rings. The Balaban J connectivity index is 2.47. The van der Waals surface area contributed by atoms with Crippen LogP contribution in [-0.4, -0.2) is 11.1 Å². The average Bonchev–Trinajstić information content (AvgIpc) is 2.35. The molecule has 0 radical (unpaired) electrons. The quantitative estimate of drug-likeness (QED) is 0.774. The molecule has 1 rings (SSSR count). The lowest BCUT2D eigenvalue weighted by atomic mass is 10.0. The van der Waals surface area contributed by atoms with Crippen molar-refractivity contribution >= 4 is 0 Å². The van der Waals surface area contributed by atoms with Crippen LogP contribution in [0.1, 0.15) is 38.3 Å². The monoisotopic (exact) mass is 221 g/mol. The van der Waals surface area contributed by atoms with Crippen molar-refractivity contribution in [2.24, 2.45) is 5.92 Å². The van der Waals surface area contributed by atoms with E-state index in [1.165, 1.54) is 12.0 Å². The molecule has 0 aliphatic carbocycles. The van der Waals surface area contributed by atoms with E-state index in [0.717, 1.165) is 12.1 Å². The Kier molecular flexibility index (Phi) is 5.50. The molecule has 16 heavy (non-hydrogen) atoms. The van der Waals surface area contributed by atoms with E-state index in [4.69, 9.17) is 5.11 Å². The first-order valence-electron chi connectivity index (χ1n) is 6.09. The fourth-order valence-electron chi connectivity index (χ4n) is 1.67. The molecule has 1 aromatic rings. The van der Waals surface area contributed by atoms with Gasteiger partial charge in [-0.3, -0.25) is 0 Å². The summed E-state index contributed by atoms with van der Waals surface area (Å²) in [6.07, 6.45) is 1.20. The number of aliphatic hydroxyl groups excluding tert-OH is 1. The van der Waals surface area contributed by atoms with Gasteiger partial charge < -0.3 is 10.4 Å². The fraction of sp³-hybridized carbons (Fsp3) is 0.571. The number of nitrogens with one attached hydrogen (secondary N) is 1. The molecule has 2 unspecified atom stereocenters. The summed E-state index contributed by atoms with van der Waals surface area (Å²) in [5, 5.41) is 12.6. The van der Waals surface area contributed by atoms with Gasteiger partial charge in [-0.25, -0.2) is 0 Å². The predicted octanol–water partition coefficient (Wildman–Crippen LogP) is 2.70. The van der Waals surface area contributed by atoms with Crippen LogP contribution in [0.2, 0.25) is 0 Å². The molecule has 1 aromatic carbocycles. The molecular formula is C14H23NO. The molecule has 0 bridgehead atoms. The van der Waals surface area contributed by atoms with Crippen LogP contribution < -0.4 is 5.32 Å². The van der Waals surface area contributed by atoms with Crippen LogP contribution in [0.3, 0.4) is 0 Å². The summed E-state index contributed by atoms with van der Waals surface area (Å²) in [6.45, 7) is 7.70. The van der Waals surface area contributed by atoms with Crippen LogP contribution >= 0.6 is 0 Å². The van der Waals surface area contributed by atoms with E-state index in [-0.39, 0.29) is 6.61 Å². The van der Waals surface area contributed by atoms with Crippen LogP contribution in [-0.2, 0) is 13.2 Å². The fourth-order valence-corrected chi connectivity index (χ4v) is 1.67. The second-order valence-electron chi connectivity index (χ2n) is 4.53. The molecule has 0 saturated heterocycles. The molecule has 2 N–H and O–H groups in total. The highest BCUT2D eigenvalue weighted by atomic mass is 16.3. The van der Waals surface area contributed by atoms with Crippen molar-refractivity contribution in [1.29, 1.82) is 0 Å². The van der Waals surface area contributed by atoms with Gasteiger partial charge in [-0.1, -0.05) is 44.5 Å². The number of benzene rings is 1. The SMILES string of the molecule is CCC(C)C(C)NCc1cccc(CO)c1. The van der Waals surface area contributed by atoms with Crippen LogP contribution in [0.25, 0.3) is 0 Å². The number of rotatable bonds is 6. The average molecular weight is 221 g/mol. The zero-order valence-corrected chi connectivity index (χ0v) is 10.5. The van der Waals surface area contributed by atoms with Gasteiger partial charge in [0.15, 0.2) is 0 Å². The minimum absolute atomic E-state index is 0.120. The molecule has 0 heterocycles. The lowest BCUT2D eigenvalue weighted by Crippen LogP contribution is -2.31. The van der Waals surface area contributed by atoms with Gasteiger partial charge in [0.25, 0.3) is 0 Å². The highest BCUT2D eigenvalue weighted by molar-refractivity contribution is 5.22. The molecule has 2 heteroatoms. The Hall–Kier alpha value is -0.860. The Morgan fingerprint density at radius 2 is 1.94 bits per heavy atom. The Morgan fingerprint density at radius 1 is 1.25 bits per heavy atom. The van der Waals surface area contributed by atoms with Crippen LogP contribution in [0.5, 0.6) is 0 Å². The van der Waals surface area contributed by atoms with E-state index < -0.39 is 0 Å². The molecule has 2 atom stereocenters. The van der Waals surface area contributed by atoms with E-state index in [1.807, 2.05) is 12.1 Å². The van der Waals surface area contributed by atoms with Gasteiger partial charge in [-0.2, -0.15) is 0 Å². The molecule has 0 saturated carbocycles. The third-order valence-corrected chi connectivity index (χ3v) is 3.30. The lowest BCUT2D eigenvalue weighted by molar-refractivity contribution is 0.281. The summed E-state index contributed by atoms with van der Waals surface area (Å²) in [4.78, 5) is 0. The van der Waals surface area contributed by atoms with E-state index in [9.17, 15) is 0 Å². The van der Waals surface area contributed by atoms with Crippen molar-refractivity contribution in [2.45, 2.75) is 46.4 Å². The molecule has 0 aliphatic rings. The molecule has 2 nitrogen and oxygen atoms in total. The van der Waals surface area contributed by atoms with Crippen LogP contribution in [0.4, 0.5) is 0 Å². The summed E-state index contributed by atoms with van der Waals surface area (Å²) < 4.78 is 0. The Bertz CT molecular complexity index is 311. The third kappa shape index (κ3) is 3.95. The number of aliphatic hydroxyl groups is 1. The van der Waals surface area contributed by atoms with Crippen LogP contribution in [0, 0.1) is 5.92 Å². The zero-order chi connectivity index (χ0) is 12.0. The van der Waals surface area contributed by atoms with E-state index in [2.05, 4.69) is 38.2 Å². The summed E-state index contributed by atoms with van der Waals surface area (Å²) in [7, 11) is 0. The van der Waals surface area contributed by atoms with Crippen molar-refractivity contribution in [3.8, 4) is 0 Å².